The first kappa shape index (κ1) is 27.3. The van der Waals surface area contributed by atoms with Gasteiger partial charge in [-0.15, -0.1) is 0 Å². The maximum Gasteiger partial charge on any atom is 0.326 e. The van der Waals surface area contributed by atoms with E-state index in [9.17, 15) is 14.7 Å². The van der Waals surface area contributed by atoms with E-state index in [1.165, 1.54) is 0 Å². The summed E-state index contributed by atoms with van der Waals surface area (Å²) in [5.74, 6) is 0.798. The second-order valence-corrected chi connectivity index (χ2v) is 9.48. The second-order valence-electron chi connectivity index (χ2n) is 9.48. The number of aliphatic carboxylic acids is 1. The minimum absolute atomic E-state index is 0.210. The first-order valence-corrected chi connectivity index (χ1v) is 13.2. The molecule has 0 saturated heterocycles. The molecule has 3 aromatic carbocycles. The summed E-state index contributed by atoms with van der Waals surface area (Å²) < 4.78 is 11.7. The van der Waals surface area contributed by atoms with Crippen LogP contribution in [0, 0.1) is 6.92 Å². The van der Waals surface area contributed by atoms with Crippen LogP contribution in [0.15, 0.2) is 108 Å². The summed E-state index contributed by atoms with van der Waals surface area (Å²) in [6, 6.07) is 26.3. The van der Waals surface area contributed by atoms with Gasteiger partial charge in [0.2, 0.25) is 5.89 Å². The van der Waals surface area contributed by atoms with Gasteiger partial charge < -0.3 is 19.6 Å². The minimum Gasteiger partial charge on any atom is -0.493 e. The third kappa shape index (κ3) is 6.86. The van der Waals surface area contributed by atoms with Crippen molar-refractivity contribution >= 4 is 17.4 Å². The molecule has 41 heavy (non-hydrogen) atoms. The normalized spacial score (nSPS) is 11.5. The van der Waals surface area contributed by atoms with Crippen molar-refractivity contribution in [3.63, 3.8) is 0 Å². The molecule has 1 unspecified atom stereocenters. The molecule has 0 fully saturated rings. The summed E-state index contributed by atoms with van der Waals surface area (Å²) >= 11 is 0. The van der Waals surface area contributed by atoms with Gasteiger partial charge in [-0.2, -0.15) is 0 Å². The Kier molecular flexibility index (Phi) is 8.49. The van der Waals surface area contributed by atoms with E-state index in [0.29, 0.717) is 41.5 Å². The van der Waals surface area contributed by atoms with Crippen molar-refractivity contribution in [1.29, 1.82) is 0 Å². The smallest absolute Gasteiger partial charge is 0.326 e. The molecule has 0 radical (unpaired) electrons. The van der Waals surface area contributed by atoms with Crippen LogP contribution >= 0.6 is 0 Å². The fourth-order valence-electron chi connectivity index (χ4n) is 4.44. The molecule has 0 aliphatic heterocycles. The minimum atomic E-state index is -1.02. The highest BCUT2D eigenvalue weighted by atomic mass is 16.5. The topological polar surface area (TPSA) is 115 Å². The highest BCUT2D eigenvalue weighted by Gasteiger charge is 2.21. The molecule has 8 nitrogen and oxygen atoms in total. The Labute approximate surface area is 237 Å². The number of ketones is 1. The zero-order valence-electron chi connectivity index (χ0n) is 22.5. The Morgan fingerprint density at radius 3 is 2.37 bits per heavy atom. The van der Waals surface area contributed by atoms with Crippen molar-refractivity contribution in [2.45, 2.75) is 25.8 Å². The molecule has 1 atom stereocenters. The number of hydrogen-bond acceptors (Lipinski definition) is 7. The van der Waals surface area contributed by atoms with Gasteiger partial charge in [-0.05, 0) is 61.0 Å². The number of rotatable bonds is 12. The van der Waals surface area contributed by atoms with Crippen molar-refractivity contribution in [3.8, 4) is 17.2 Å². The second kappa shape index (κ2) is 12.7. The monoisotopic (exact) mass is 547 g/mol. The first-order valence-electron chi connectivity index (χ1n) is 13.2. The molecule has 206 valence electrons. The van der Waals surface area contributed by atoms with E-state index in [1.807, 2.05) is 61.5 Å². The molecular weight excluding hydrogens is 518 g/mol. The number of benzene rings is 3. The Bertz CT molecular complexity index is 1620. The number of carbonyl (C=O) groups excluding carboxylic acids is 1. The number of aromatic nitrogens is 2. The number of carbonyl (C=O) groups is 2. The van der Waals surface area contributed by atoms with E-state index in [-0.39, 0.29) is 12.2 Å². The average molecular weight is 548 g/mol. The third-order valence-electron chi connectivity index (χ3n) is 6.63. The van der Waals surface area contributed by atoms with Crippen molar-refractivity contribution in [3.05, 3.63) is 132 Å². The summed E-state index contributed by atoms with van der Waals surface area (Å²) in [6.07, 6.45) is 3.90. The summed E-state index contributed by atoms with van der Waals surface area (Å²) in [7, 11) is 0. The van der Waals surface area contributed by atoms with Crippen LogP contribution < -0.4 is 10.1 Å². The number of carboxylic acid groups (broad SMARTS) is 1. The predicted octanol–water partition coefficient (Wildman–Crippen LogP) is 6.01. The molecule has 5 rings (SSSR count). The van der Waals surface area contributed by atoms with E-state index in [4.69, 9.17) is 9.15 Å². The number of nitrogens with zero attached hydrogens (tertiary/aromatic N) is 2. The lowest BCUT2D eigenvalue weighted by Crippen LogP contribution is -2.32. The lowest BCUT2D eigenvalue weighted by Gasteiger charge is -2.18. The van der Waals surface area contributed by atoms with Crippen LogP contribution in [0.2, 0.25) is 0 Å². The van der Waals surface area contributed by atoms with Crippen LogP contribution in [0.25, 0.3) is 11.5 Å². The molecule has 0 saturated carbocycles. The lowest BCUT2D eigenvalue weighted by atomic mass is 10.0. The average Bonchev–Trinajstić information content (AvgIpc) is 3.38. The molecule has 2 heterocycles. The highest BCUT2D eigenvalue weighted by molar-refractivity contribution is 6.12. The zero-order chi connectivity index (χ0) is 28.6. The number of oxazole rings is 1. The number of hydrogen-bond donors (Lipinski definition) is 2. The van der Waals surface area contributed by atoms with Gasteiger partial charge in [0.15, 0.2) is 5.78 Å². The fourth-order valence-corrected chi connectivity index (χ4v) is 4.44. The molecule has 0 bridgehead atoms. The third-order valence-corrected chi connectivity index (χ3v) is 6.63. The van der Waals surface area contributed by atoms with Crippen molar-refractivity contribution in [2.75, 3.05) is 11.9 Å². The van der Waals surface area contributed by atoms with Gasteiger partial charge in [0, 0.05) is 47.6 Å². The number of nitrogens with one attached hydrogen (secondary N) is 1. The number of pyridine rings is 1. The van der Waals surface area contributed by atoms with Crippen LogP contribution in [-0.2, 0) is 17.6 Å². The fraction of sp³-hybridized carbons (Fsp3) is 0.152. The summed E-state index contributed by atoms with van der Waals surface area (Å²) in [5.41, 5.74) is 3.92. The molecule has 0 spiro atoms. The lowest BCUT2D eigenvalue weighted by molar-refractivity contribution is -0.137. The van der Waals surface area contributed by atoms with Crippen LogP contribution in [0.4, 0.5) is 5.69 Å². The molecule has 0 aliphatic carbocycles. The molecule has 0 aliphatic rings. The number of carboxylic acids is 1. The number of anilines is 1. The van der Waals surface area contributed by atoms with Crippen LogP contribution in [0.5, 0.6) is 5.75 Å². The van der Waals surface area contributed by atoms with Gasteiger partial charge >= 0.3 is 5.97 Å². The van der Waals surface area contributed by atoms with Gasteiger partial charge in [-0.3, -0.25) is 9.78 Å². The first-order chi connectivity index (χ1) is 20.0. The van der Waals surface area contributed by atoms with E-state index < -0.39 is 12.0 Å². The van der Waals surface area contributed by atoms with Gasteiger partial charge in [-0.25, -0.2) is 9.78 Å². The zero-order valence-corrected chi connectivity index (χ0v) is 22.5. The molecule has 2 aromatic heterocycles. The molecular formula is C33H29N3O5. The SMILES string of the molecule is Cc1oc(-c2ccccc2)nc1CCOc1ccc(CC(Nc2ccccc2C(=O)c2ccncc2)C(=O)O)cc1. The van der Waals surface area contributed by atoms with Crippen molar-refractivity contribution < 1.29 is 23.8 Å². The van der Waals surface area contributed by atoms with Crippen LogP contribution in [0.1, 0.15) is 32.9 Å². The van der Waals surface area contributed by atoms with Crippen molar-refractivity contribution in [1.82, 2.24) is 9.97 Å². The molecule has 5 aromatic rings. The maximum atomic E-state index is 13.0. The quantitative estimate of drug-likeness (QED) is 0.183. The molecule has 8 heteroatoms. The van der Waals surface area contributed by atoms with E-state index in [0.717, 1.165) is 22.6 Å². The summed E-state index contributed by atoms with van der Waals surface area (Å²) in [4.78, 5) is 33.7. The summed E-state index contributed by atoms with van der Waals surface area (Å²) in [6.45, 7) is 2.31. The largest absolute Gasteiger partial charge is 0.493 e. The maximum absolute atomic E-state index is 13.0. The van der Waals surface area contributed by atoms with Crippen LogP contribution in [-0.4, -0.2) is 39.5 Å². The Morgan fingerprint density at radius 1 is 0.927 bits per heavy atom. The van der Waals surface area contributed by atoms with E-state index >= 15 is 0 Å². The molecule has 2 N–H and O–H groups in total. The van der Waals surface area contributed by atoms with Gasteiger partial charge in [-0.1, -0.05) is 42.5 Å². The number of ether oxygens (including phenoxy) is 1. The van der Waals surface area contributed by atoms with Gasteiger partial charge in [0.25, 0.3) is 0 Å². The Hall–Kier alpha value is -5.24. The number of aryl methyl sites for hydroxylation is 1. The highest BCUT2D eigenvalue weighted by Crippen LogP contribution is 2.23. The predicted molar refractivity (Wildman–Crippen MR) is 155 cm³/mol. The van der Waals surface area contributed by atoms with E-state index in [1.54, 1.807) is 48.8 Å². The Morgan fingerprint density at radius 2 is 1.63 bits per heavy atom. The summed E-state index contributed by atoms with van der Waals surface area (Å²) in [5, 5.41) is 13.0. The van der Waals surface area contributed by atoms with Gasteiger partial charge in [0.05, 0.1) is 12.3 Å². The van der Waals surface area contributed by atoms with Crippen molar-refractivity contribution in [2.24, 2.45) is 0 Å². The molecule has 0 amide bonds. The van der Waals surface area contributed by atoms with E-state index in [2.05, 4.69) is 15.3 Å². The van der Waals surface area contributed by atoms with Crippen LogP contribution in [0.3, 0.4) is 0 Å². The Balaban J connectivity index is 1.19. The van der Waals surface area contributed by atoms with Gasteiger partial charge in [0.1, 0.15) is 17.6 Å². The standard InChI is InChI=1S/C33H29N3O5/c1-22-28(36-32(41-22)25-7-3-2-4-8-25)17-20-40-26-13-11-23(12-14-26)21-30(33(38)39)35-29-10-6-5-9-27(29)31(37)24-15-18-34-19-16-24/h2-16,18-19,30,35H,17,20-21H2,1H3,(H,38,39). The number of para-hydroxylation sites is 1.